The van der Waals surface area contributed by atoms with Gasteiger partial charge in [0, 0.05) is 44.1 Å². The molecule has 2 heterocycles. The van der Waals surface area contributed by atoms with Gasteiger partial charge in [-0.25, -0.2) is 4.79 Å². The second kappa shape index (κ2) is 10.4. The van der Waals surface area contributed by atoms with E-state index in [0.717, 1.165) is 43.2 Å². The van der Waals surface area contributed by atoms with E-state index < -0.39 is 12.1 Å². The Hall–Kier alpha value is -2.42. The maximum Gasteiger partial charge on any atom is 0.312 e. The molecule has 7 nitrogen and oxygen atoms in total. The van der Waals surface area contributed by atoms with Crippen LogP contribution in [0, 0.1) is 0 Å². The quantitative estimate of drug-likeness (QED) is 0.614. The van der Waals surface area contributed by atoms with Gasteiger partial charge in [0.05, 0.1) is 12.5 Å². The standard InChI is InChI=1S/C21H29N5O2S/c1-25-8-10-26(11-9-25)15-17-6-4-16(5-7-17)14-23-20(27)13-18(24-21(22)28)19-3-2-12-29-19/h2-7,12,18H,8-11,13-15H2,1H3,(H,23,27)(H3,22,24,28). The number of likely N-dealkylation sites (N-methyl/N-ethyl adjacent to an activating group) is 1. The van der Waals surface area contributed by atoms with E-state index in [1.54, 1.807) is 0 Å². The molecule has 1 aliphatic rings. The van der Waals surface area contributed by atoms with Crippen molar-refractivity contribution in [1.29, 1.82) is 0 Å². The Labute approximate surface area is 175 Å². The van der Waals surface area contributed by atoms with E-state index in [4.69, 9.17) is 5.73 Å². The number of hydrogen-bond acceptors (Lipinski definition) is 5. The van der Waals surface area contributed by atoms with Crippen molar-refractivity contribution in [3.63, 3.8) is 0 Å². The minimum absolute atomic E-state index is 0.126. The highest BCUT2D eigenvalue weighted by atomic mass is 32.1. The molecule has 0 spiro atoms. The van der Waals surface area contributed by atoms with Crippen molar-refractivity contribution in [3.05, 3.63) is 57.8 Å². The zero-order valence-electron chi connectivity index (χ0n) is 16.8. The summed E-state index contributed by atoms with van der Waals surface area (Å²) in [6.45, 7) is 5.84. The first-order chi connectivity index (χ1) is 14.0. The summed E-state index contributed by atoms with van der Waals surface area (Å²) in [5.74, 6) is -0.126. The number of hydrogen-bond donors (Lipinski definition) is 3. The molecule has 156 valence electrons. The number of carbonyl (C=O) groups excluding carboxylic acids is 2. The number of primary amides is 1. The van der Waals surface area contributed by atoms with E-state index in [9.17, 15) is 9.59 Å². The Kier molecular flexibility index (Phi) is 7.62. The van der Waals surface area contributed by atoms with Crippen molar-refractivity contribution in [2.45, 2.75) is 25.6 Å². The van der Waals surface area contributed by atoms with Gasteiger partial charge in [0.1, 0.15) is 0 Å². The molecule has 29 heavy (non-hydrogen) atoms. The number of nitrogens with one attached hydrogen (secondary N) is 2. The van der Waals surface area contributed by atoms with Crippen LogP contribution in [-0.2, 0) is 17.9 Å². The largest absolute Gasteiger partial charge is 0.352 e. The van der Waals surface area contributed by atoms with Gasteiger partial charge < -0.3 is 21.3 Å². The summed E-state index contributed by atoms with van der Waals surface area (Å²) in [5.41, 5.74) is 7.58. The van der Waals surface area contributed by atoms with E-state index >= 15 is 0 Å². The van der Waals surface area contributed by atoms with Crippen LogP contribution < -0.4 is 16.4 Å². The van der Waals surface area contributed by atoms with E-state index in [2.05, 4.69) is 51.7 Å². The Bertz CT molecular complexity index is 786. The monoisotopic (exact) mass is 415 g/mol. The van der Waals surface area contributed by atoms with Crippen LogP contribution in [0.25, 0.3) is 0 Å². The molecule has 2 aromatic rings. The fraction of sp³-hybridized carbons (Fsp3) is 0.429. The van der Waals surface area contributed by atoms with Crippen molar-refractivity contribution in [2.24, 2.45) is 5.73 Å². The maximum absolute atomic E-state index is 12.4. The number of piperazine rings is 1. The first-order valence-electron chi connectivity index (χ1n) is 9.84. The van der Waals surface area contributed by atoms with Crippen LogP contribution in [-0.4, -0.2) is 55.0 Å². The lowest BCUT2D eigenvalue weighted by atomic mass is 10.1. The van der Waals surface area contributed by atoms with Gasteiger partial charge in [-0.3, -0.25) is 9.69 Å². The molecule has 1 fully saturated rings. The Morgan fingerprint density at radius 1 is 1.10 bits per heavy atom. The van der Waals surface area contributed by atoms with Gasteiger partial charge in [-0.1, -0.05) is 30.3 Å². The molecule has 3 amide bonds. The van der Waals surface area contributed by atoms with Gasteiger partial charge in [-0.2, -0.15) is 0 Å². The van der Waals surface area contributed by atoms with Crippen LogP contribution in [0.15, 0.2) is 41.8 Å². The minimum Gasteiger partial charge on any atom is -0.352 e. The normalized spacial score (nSPS) is 16.3. The predicted octanol–water partition coefficient (Wildman–Crippen LogP) is 1.91. The molecule has 1 aromatic heterocycles. The highest BCUT2D eigenvalue weighted by Gasteiger charge is 2.18. The first-order valence-corrected chi connectivity index (χ1v) is 10.7. The minimum atomic E-state index is -0.632. The molecule has 0 bridgehead atoms. The van der Waals surface area contributed by atoms with Gasteiger partial charge >= 0.3 is 6.03 Å². The van der Waals surface area contributed by atoms with Crippen molar-refractivity contribution in [1.82, 2.24) is 20.4 Å². The number of carbonyl (C=O) groups is 2. The average Bonchev–Trinajstić information content (AvgIpc) is 3.23. The summed E-state index contributed by atoms with van der Waals surface area (Å²) in [6, 6.07) is 11.1. The summed E-state index contributed by atoms with van der Waals surface area (Å²) in [6.07, 6.45) is 0.158. The topological polar surface area (TPSA) is 90.7 Å². The third kappa shape index (κ3) is 6.85. The Balaban J connectivity index is 1.46. The van der Waals surface area contributed by atoms with Crippen LogP contribution in [0.1, 0.15) is 28.5 Å². The second-order valence-corrected chi connectivity index (χ2v) is 8.43. The molecule has 1 unspecified atom stereocenters. The van der Waals surface area contributed by atoms with Gasteiger partial charge in [-0.05, 0) is 29.6 Å². The molecule has 0 saturated carbocycles. The fourth-order valence-corrected chi connectivity index (χ4v) is 4.15. The van der Waals surface area contributed by atoms with Crippen LogP contribution in [0.5, 0.6) is 0 Å². The lowest BCUT2D eigenvalue weighted by Crippen LogP contribution is -2.43. The Morgan fingerprint density at radius 2 is 1.79 bits per heavy atom. The van der Waals surface area contributed by atoms with Crippen molar-refractivity contribution in [3.8, 4) is 0 Å². The van der Waals surface area contributed by atoms with Gasteiger partial charge in [0.2, 0.25) is 5.91 Å². The van der Waals surface area contributed by atoms with E-state index in [1.807, 2.05) is 17.5 Å². The molecule has 0 radical (unpaired) electrons. The van der Waals surface area contributed by atoms with Crippen LogP contribution in [0.2, 0.25) is 0 Å². The van der Waals surface area contributed by atoms with Crippen LogP contribution in [0.4, 0.5) is 4.79 Å². The molecule has 8 heteroatoms. The van der Waals surface area contributed by atoms with E-state index in [-0.39, 0.29) is 12.3 Å². The zero-order chi connectivity index (χ0) is 20.6. The van der Waals surface area contributed by atoms with Crippen LogP contribution >= 0.6 is 11.3 Å². The zero-order valence-corrected chi connectivity index (χ0v) is 17.6. The van der Waals surface area contributed by atoms with Crippen molar-refractivity contribution < 1.29 is 9.59 Å². The number of nitrogens with zero attached hydrogens (tertiary/aromatic N) is 2. The number of benzene rings is 1. The number of rotatable bonds is 8. The SMILES string of the molecule is CN1CCN(Cc2ccc(CNC(=O)CC(NC(N)=O)c3cccs3)cc2)CC1. The Morgan fingerprint density at radius 3 is 2.41 bits per heavy atom. The maximum atomic E-state index is 12.4. The van der Waals surface area contributed by atoms with Crippen molar-refractivity contribution >= 4 is 23.3 Å². The number of thiophene rings is 1. The molecule has 1 saturated heterocycles. The van der Waals surface area contributed by atoms with Gasteiger partial charge in [-0.15, -0.1) is 11.3 Å². The van der Waals surface area contributed by atoms with Gasteiger partial charge in [0.15, 0.2) is 0 Å². The molecule has 3 rings (SSSR count). The predicted molar refractivity (Wildman–Crippen MR) is 115 cm³/mol. The van der Waals surface area contributed by atoms with Gasteiger partial charge in [0.25, 0.3) is 0 Å². The summed E-state index contributed by atoms with van der Waals surface area (Å²) < 4.78 is 0. The third-order valence-corrected chi connectivity index (χ3v) is 6.09. The molecule has 1 aromatic carbocycles. The lowest BCUT2D eigenvalue weighted by Gasteiger charge is -2.32. The molecular weight excluding hydrogens is 386 g/mol. The summed E-state index contributed by atoms with van der Waals surface area (Å²) in [5, 5.41) is 7.48. The molecule has 1 aliphatic heterocycles. The third-order valence-electron chi connectivity index (χ3n) is 5.11. The van der Waals surface area contributed by atoms with E-state index in [1.165, 1.54) is 16.9 Å². The highest BCUT2D eigenvalue weighted by Crippen LogP contribution is 2.22. The lowest BCUT2D eigenvalue weighted by molar-refractivity contribution is -0.121. The number of nitrogens with two attached hydrogens (primary N) is 1. The first kappa shape index (κ1) is 21.3. The smallest absolute Gasteiger partial charge is 0.312 e. The van der Waals surface area contributed by atoms with Crippen molar-refractivity contribution in [2.75, 3.05) is 33.2 Å². The second-order valence-electron chi connectivity index (χ2n) is 7.45. The summed E-state index contributed by atoms with van der Waals surface area (Å²) in [4.78, 5) is 29.3. The fourth-order valence-electron chi connectivity index (χ4n) is 3.37. The molecule has 1 atom stereocenters. The highest BCUT2D eigenvalue weighted by molar-refractivity contribution is 7.10. The van der Waals surface area contributed by atoms with E-state index in [0.29, 0.717) is 6.54 Å². The molecule has 0 aliphatic carbocycles. The summed E-state index contributed by atoms with van der Waals surface area (Å²) in [7, 11) is 2.16. The average molecular weight is 416 g/mol. The summed E-state index contributed by atoms with van der Waals surface area (Å²) >= 11 is 1.49. The number of amides is 3. The molecular formula is C21H29N5O2S. The number of urea groups is 1. The molecule has 4 N–H and O–H groups in total. The van der Waals surface area contributed by atoms with Crippen LogP contribution in [0.3, 0.4) is 0 Å².